The van der Waals surface area contributed by atoms with E-state index < -0.39 is 10.7 Å². The summed E-state index contributed by atoms with van der Waals surface area (Å²) in [5.41, 5.74) is 0. The highest BCUT2D eigenvalue weighted by Crippen LogP contribution is 1.79. The van der Waals surface area contributed by atoms with Crippen LogP contribution in [0.2, 0.25) is 0 Å². The summed E-state index contributed by atoms with van der Waals surface area (Å²) in [5, 5.41) is 0. The summed E-state index contributed by atoms with van der Waals surface area (Å²) < 4.78 is 18.0. The third-order valence-corrected chi connectivity index (χ3v) is 0. The fraction of sp³-hybridized carbons (Fsp3) is 0. The van der Waals surface area contributed by atoms with E-state index in [1.54, 1.807) is 0 Å². The van der Waals surface area contributed by atoms with Crippen LogP contribution in [-0.4, -0.2) is 8.76 Å². The lowest BCUT2D eigenvalue weighted by molar-refractivity contribution is 0.553. The van der Waals surface area contributed by atoms with Gasteiger partial charge in [0.1, 0.15) is 0 Å². The van der Waals surface area contributed by atoms with Gasteiger partial charge in [-0.2, -0.15) is 0 Å². The molecule has 0 amide bonds. The highest BCUT2D eigenvalue weighted by Gasteiger charge is 1.51. The zero-order valence-electron chi connectivity index (χ0n) is 1.93. The summed E-state index contributed by atoms with van der Waals surface area (Å²) in [6, 6.07) is 0. The SMILES string of the molecule is O=S([O-])[PH3+]. The van der Waals surface area contributed by atoms with Gasteiger partial charge in [0.2, 0.25) is 0 Å². The summed E-state index contributed by atoms with van der Waals surface area (Å²) in [4.78, 5) is 0. The topological polar surface area (TPSA) is 40.1 Å². The number of hydrogen-bond donors (Lipinski definition) is 0. The molecule has 0 aliphatic carbocycles. The van der Waals surface area contributed by atoms with Gasteiger partial charge in [0, 0.05) is 0 Å². The van der Waals surface area contributed by atoms with Crippen LogP contribution in [-0.2, 0) is 10.7 Å². The quantitative estimate of drug-likeness (QED) is 0.299. The highest BCUT2D eigenvalue weighted by molar-refractivity contribution is 8.29. The zero-order chi connectivity index (χ0) is 3.58. The van der Waals surface area contributed by atoms with Crippen LogP contribution in [0.1, 0.15) is 0 Å². The van der Waals surface area contributed by atoms with E-state index in [4.69, 9.17) is 8.76 Å². The molecule has 2 atom stereocenters. The van der Waals surface area contributed by atoms with Gasteiger partial charge in [-0.1, -0.05) is 0 Å². The average Bonchev–Trinajstić information content (AvgIpc) is 0.811. The molecular formula is H3O2PS. The van der Waals surface area contributed by atoms with Crippen LogP contribution < -0.4 is 0 Å². The second-order valence-electron chi connectivity index (χ2n) is 0.304. The molecule has 0 aliphatic heterocycles. The molecule has 0 heterocycles. The summed E-state index contributed by atoms with van der Waals surface area (Å²) in [5.74, 6) is 0. The van der Waals surface area contributed by atoms with E-state index in [0.29, 0.717) is 0 Å². The highest BCUT2D eigenvalue weighted by atomic mass is 32.7. The van der Waals surface area contributed by atoms with E-state index >= 15 is 0 Å². The van der Waals surface area contributed by atoms with Crippen LogP contribution >= 0.6 is 8.44 Å². The minimum atomic E-state index is -1.83. The number of hydrogen-bond acceptors (Lipinski definition) is 2. The van der Waals surface area contributed by atoms with Crippen molar-refractivity contribution in [3.8, 4) is 0 Å². The van der Waals surface area contributed by atoms with E-state index in [0.717, 1.165) is 8.44 Å². The van der Waals surface area contributed by atoms with Gasteiger partial charge in [0.05, 0.1) is 19.1 Å². The molecule has 0 aromatic heterocycles. The van der Waals surface area contributed by atoms with Crippen molar-refractivity contribution < 1.29 is 8.76 Å². The maximum atomic E-state index is 9.01. The predicted octanol–water partition coefficient (Wildman–Crippen LogP) is -0.612. The molecule has 0 fully saturated rings. The average molecular weight is 98.1 g/mol. The molecule has 0 rings (SSSR count). The molecule has 4 heteroatoms. The van der Waals surface area contributed by atoms with Crippen molar-refractivity contribution in [1.29, 1.82) is 0 Å². The van der Waals surface area contributed by atoms with Gasteiger partial charge < -0.3 is 4.55 Å². The Hall–Kier alpha value is 0.540. The van der Waals surface area contributed by atoms with Gasteiger partial charge in [-0.15, -0.1) is 0 Å². The van der Waals surface area contributed by atoms with Crippen molar-refractivity contribution in [2.45, 2.75) is 0 Å². The van der Waals surface area contributed by atoms with Gasteiger partial charge in [-0.25, -0.2) is 4.21 Å². The third kappa shape index (κ3) is 20.7. The molecule has 0 saturated carbocycles. The molecule has 0 radical (unpaired) electrons. The van der Waals surface area contributed by atoms with Crippen LogP contribution in [0, 0.1) is 0 Å². The molecule has 0 saturated heterocycles. The minimum absolute atomic E-state index is 0.920. The summed E-state index contributed by atoms with van der Waals surface area (Å²) in [7, 11) is -0.914. The summed E-state index contributed by atoms with van der Waals surface area (Å²) in [6.45, 7) is 0. The van der Waals surface area contributed by atoms with Crippen LogP contribution in [0.4, 0.5) is 0 Å². The van der Waals surface area contributed by atoms with Crippen molar-refractivity contribution in [3.63, 3.8) is 0 Å². The first kappa shape index (κ1) is 4.54. The predicted molar refractivity (Wildman–Crippen MR) is 20.0 cm³/mol. The molecule has 4 heavy (non-hydrogen) atoms. The third-order valence-electron chi connectivity index (χ3n) is 0. The molecule has 2 nitrogen and oxygen atoms in total. The molecule has 0 N–H and O–H groups in total. The lowest BCUT2D eigenvalue weighted by Crippen LogP contribution is -1.60. The van der Waals surface area contributed by atoms with Crippen molar-refractivity contribution in [2.24, 2.45) is 0 Å². The molecule has 0 bridgehead atoms. The van der Waals surface area contributed by atoms with E-state index in [2.05, 4.69) is 0 Å². The van der Waals surface area contributed by atoms with Crippen molar-refractivity contribution in [2.75, 3.05) is 0 Å². The maximum absolute atomic E-state index is 9.01. The van der Waals surface area contributed by atoms with Crippen molar-refractivity contribution >= 4 is 19.1 Å². The van der Waals surface area contributed by atoms with E-state index in [1.165, 1.54) is 0 Å². The second-order valence-corrected chi connectivity index (χ2v) is 2.33. The Kier molecular flexibility index (Phi) is 2.07. The van der Waals surface area contributed by atoms with Gasteiger partial charge in [-0.05, 0) is 0 Å². The van der Waals surface area contributed by atoms with Gasteiger partial charge in [0.25, 0.3) is 0 Å². The zero-order valence-corrected chi connectivity index (χ0v) is 4.16. The largest absolute Gasteiger partial charge is 0.741 e. The lowest BCUT2D eigenvalue weighted by Gasteiger charge is -1.76. The maximum Gasteiger partial charge on any atom is 0.0905 e. The Morgan fingerprint density at radius 2 is 2.00 bits per heavy atom. The van der Waals surface area contributed by atoms with E-state index in [9.17, 15) is 0 Å². The fourth-order valence-electron chi connectivity index (χ4n) is 0. The summed E-state index contributed by atoms with van der Waals surface area (Å²) >= 11 is 0. The normalized spacial score (nSPS) is 16.2. The van der Waals surface area contributed by atoms with Crippen molar-refractivity contribution in [1.82, 2.24) is 0 Å². The van der Waals surface area contributed by atoms with Gasteiger partial charge in [-0.3, -0.25) is 0 Å². The molecule has 0 aromatic rings. The van der Waals surface area contributed by atoms with E-state index in [1.807, 2.05) is 0 Å². The Labute approximate surface area is 28.8 Å². The first-order chi connectivity index (χ1) is 1.73. The lowest BCUT2D eigenvalue weighted by atomic mass is 15.9. The molecule has 2 unspecified atom stereocenters. The molecule has 0 aromatic carbocycles. The fourth-order valence-corrected chi connectivity index (χ4v) is 0. The monoisotopic (exact) mass is 98.0 g/mol. The van der Waals surface area contributed by atoms with Gasteiger partial charge in [0.15, 0.2) is 0 Å². The molecule has 0 spiro atoms. The second kappa shape index (κ2) is 1.82. The van der Waals surface area contributed by atoms with Crippen molar-refractivity contribution in [3.05, 3.63) is 0 Å². The summed E-state index contributed by atoms with van der Waals surface area (Å²) in [6.07, 6.45) is 0. The Morgan fingerprint density at radius 1 is 2.00 bits per heavy atom. The smallest absolute Gasteiger partial charge is 0.0905 e. The molecule has 26 valence electrons. The van der Waals surface area contributed by atoms with Crippen LogP contribution in [0.5, 0.6) is 0 Å². The standard InChI is InChI=1S/H3O2PS/c1-4(2)3/h3H2,(H,1,2). The van der Waals surface area contributed by atoms with Crippen LogP contribution in [0.3, 0.4) is 0 Å². The Bertz CT molecular complexity index is 29.0. The number of rotatable bonds is 0. The van der Waals surface area contributed by atoms with Crippen LogP contribution in [0.15, 0.2) is 0 Å². The Balaban J connectivity index is 2.80. The van der Waals surface area contributed by atoms with E-state index in [-0.39, 0.29) is 0 Å². The first-order valence-corrected chi connectivity index (χ1v) is 3.60. The van der Waals surface area contributed by atoms with Gasteiger partial charge >= 0.3 is 0 Å². The van der Waals surface area contributed by atoms with Crippen LogP contribution in [0.25, 0.3) is 0 Å². The Morgan fingerprint density at radius 3 is 2.00 bits per heavy atom. The first-order valence-electron chi connectivity index (χ1n) is 0.622. The molecular weight excluding hydrogens is 95.0 g/mol. The minimum Gasteiger partial charge on any atom is -0.741 e. The molecule has 0 aliphatic rings.